The summed E-state index contributed by atoms with van der Waals surface area (Å²) in [5.74, 6) is 0.0225. The summed E-state index contributed by atoms with van der Waals surface area (Å²) in [5, 5.41) is 2.78. The Morgan fingerprint density at radius 2 is 1.77 bits per heavy atom. The lowest BCUT2D eigenvalue weighted by atomic mass is 10.1. The molecule has 0 aliphatic rings. The zero-order chi connectivity index (χ0) is 18.9. The Morgan fingerprint density at radius 1 is 1.08 bits per heavy atom. The first-order valence-corrected chi connectivity index (χ1v) is 8.64. The lowest BCUT2D eigenvalue weighted by molar-refractivity contribution is -0.154. The van der Waals surface area contributed by atoms with Crippen LogP contribution < -0.4 is 10.1 Å². The molecule has 0 saturated carbocycles. The second-order valence-corrected chi connectivity index (χ2v) is 6.15. The van der Waals surface area contributed by atoms with Crippen LogP contribution in [0.3, 0.4) is 0 Å². The largest absolute Gasteiger partial charge is 0.496 e. The highest BCUT2D eigenvalue weighted by molar-refractivity contribution is 5.83. The third-order valence-electron chi connectivity index (χ3n) is 4.06. The van der Waals surface area contributed by atoms with Crippen LogP contribution in [0.25, 0.3) is 0 Å². The van der Waals surface area contributed by atoms with Gasteiger partial charge in [0.15, 0.2) is 6.10 Å². The van der Waals surface area contributed by atoms with Crippen molar-refractivity contribution in [2.24, 2.45) is 0 Å². The van der Waals surface area contributed by atoms with Crippen LogP contribution in [0, 0.1) is 6.92 Å². The van der Waals surface area contributed by atoms with Crippen molar-refractivity contribution in [2.75, 3.05) is 7.11 Å². The number of hydrogen-bond donors (Lipinski definition) is 1. The zero-order valence-corrected chi connectivity index (χ0v) is 15.5. The van der Waals surface area contributed by atoms with E-state index in [9.17, 15) is 9.59 Å². The Morgan fingerprint density at radius 3 is 2.46 bits per heavy atom. The fourth-order valence-electron chi connectivity index (χ4n) is 2.49. The molecule has 0 saturated heterocycles. The van der Waals surface area contributed by atoms with Crippen molar-refractivity contribution < 1.29 is 19.1 Å². The van der Waals surface area contributed by atoms with Gasteiger partial charge in [-0.3, -0.25) is 9.59 Å². The molecule has 5 heteroatoms. The lowest BCUT2D eigenvalue weighted by Crippen LogP contribution is -2.35. The van der Waals surface area contributed by atoms with Gasteiger partial charge in [0.25, 0.3) is 5.91 Å². The van der Waals surface area contributed by atoms with Crippen molar-refractivity contribution in [3.05, 3.63) is 65.2 Å². The maximum absolute atomic E-state index is 12.1. The Balaban J connectivity index is 1.76. The topological polar surface area (TPSA) is 64.6 Å². The Bertz CT molecular complexity index is 740. The van der Waals surface area contributed by atoms with Crippen molar-refractivity contribution in [2.45, 2.75) is 39.3 Å². The second-order valence-electron chi connectivity index (χ2n) is 6.15. The fourth-order valence-corrected chi connectivity index (χ4v) is 2.49. The molecule has 0 aliphatic carbocycles. The Hall–Kier alpha value is -2.82. The van der Waals surface area contributed by atoms with Crippen molar-refractivity contribution >= 4 is 11.9 Å². The molecule has 2 aromatic rings. The molecule has 2 rings (SSSR count). The molecule has 0 unspecified atom stereocenters. The average molecular weight is 355 g/mol. The number of benzene rings is 2. The molecule has 0 spiro atoms. The van der Waals surface area contributed by atoms with E-state index in [1.807, 2.05) is 55.5 Å². The number of carbonyl (C=O) groups is 2. The molecule has 1 atom stereocenters. The van der Waals surface area contributed by atoms with E-state index in [1.165, 1.54) is 0 Å². The van der Waals surface area contributed by atoms with E-state index in [1.54, 1.807) is 14.0 Å². The van der Waals surface area contributed by atoms with E-state index in [0.717, 1.165) is 22.4 Å². The van der Waals surface area contributed by atoms with E-state index >= 15 is 0 Å². The third kappa shape index (κ3) is 5.92. The number of amides is 1. The van der Waals surface area contributed by atoms with Gasteiger partial charge < -0.3 is 14.8 Å². The first kappa shape index (κ1) is 19.5. The van der Waals surface area contributed by atoms with Crippen LogP contribution >= 0.6 is 0 Å². The summed E-state index contributed by atoms with van der Waals surface area (Å²) in [6, 6.07) is 15.4. The number of nitrogens with one attached hydrogen (secondary N) is 1. The van der Waals surface area contributed by atoms with Crippen LogP contribution in [-0.4, -0.2) is 25.1 Å². The number of para-hydroxylation sites is 1. The van der Waals surface area contributed by atoms with Crippen LogP contribution in [0.1, 0.15) is 30.0 Å². The zero-order valence-electron chi connectivity index (χ0n) is 15.5. The third-order valence-corrected chi connectivity index (χ3v) is 4.06. The summed E-state index contributed by atoms with van der Waals surface area (Å²) in [5.41, 5.74) is 3.10. The normalized spacial score (nSPS) is 11.5. The van der Waals surface area contributed by atoms with Gasteiger partial charge in [0.05, 0.1) is 7.11 Å². The van der Waals surface area contributed by atoms with E-state index in [2.05, 4.69) is 5.32 Å². The van der Waals surface area contributed by atoms with Gasteiger partial charge in [-0.2, -0.15) is 0 Å². The van der Waals surface area contributed by atoms with Crippen LogP contribution in [0.5, 0.6) is 5.75 Å². The molecular formula is C21H25NO4. The predicted molar refractivity (Wildman–Crippen MR) is 99.9 cm³/mol. The number of esters is 1. The molecule has 1 N–H and O–H groups in total. The van der Waals surface area contributed by atoms with Crippen molar-refractivity contribution in [3.8, 4) is 5.75 Å². The van der Waals surface area contributed by atoms with E-state index in [-0.39, 0.29) is 12.3 Å². The lowest BCUT2D eigenvalue weighted by Gasteiger charge is -2.14. The highest BCUT2D eigenvalue weighted by atomic mass is 16.5. The molecule has 0 aliphatic heterocycles. The number of rotatable bonds is 8. The van der Waals surface area contributed by atoms with Crippen LogP contribution in [0.15, 0.2) is 48.5 Å². The van der Waals surface area contributed by atoms with Crippen LogP contribution in [-0.2, 0) is 27.3 Å². The van der Waals surface area contributed by atoms with Gasteiger partial charge in [0.1, 0.15) is 5.75 Å². The second kappa shape index (κ2) is 9.61. The van der Waals surface area contributed by atoms with Crippen molar-refractivity contribution in [1.29, 1.82) is 0 Å². The maximum Gasteiger partial charge on any atom is 0.306 e. The SMILES string of the molecule is COc1ccccc1CCC(=O)O[C@H](C)C(=O)NCc1ccc(C)cc1. The van der Waals surface area contributed by atoms with Gasteiger partial charge >= 0.3 is 5.97 Å². The first-order valence-electron chi connectivity index (χ1n) is 8.64. The molecule has 1 amide bonds. The molecule has 0 radical (unpaired) electrons. The molecule has 2 aromatic carbocycles. The summed E-state index contributed by atoms with van der Waals surface area (Å²) in [6.07, 6.45) is -0.137. The monoisotopic (exact) mass is 355 g/mol. The molecule has 0 fully saturated rings. The quantitative estimate of drug-likeness (QED) is 0.739. The van der Waals surface area contributed by atoms with E-state index in [0.29, 0.717) is 13.0 Å². The minimum absolute atomic E-state index is 0.190. The average Bonchev–Trinajstić information content (AvgIpc) is 2.65. The summed E-state index contributed by atoms with van der Waals surface area (Å²) >= 11 is 0. The number of carbonyl (C=O) groups excluding carboxylic acids is 2. The molecule has 26 heavy (non-hydrogen) atoms. The number of aryl methyl sites for hydroxylation is 2. The highest BCUT2D eigenvalue weighted by Crippen LogP contribution is 2.19. The minimum Gasteiger partial charge on any atom is -0.496 e. The standard InChI is InChI=1S/C21H25NO4/c1-15-8-10-17(11-9-15)14-22-21(24)16(2)26-20(23)13-12-18-6-4-5-7-19(18)25-3/h4-11,16H,12-14H2,1-3H3,(H,22,24)/t16-/m1/s1. The molecular weight excluding hydrogens is 330 g/mol. The maximum atomic E-state index is 12.1. The molecule has 138 valence electrons. The van der Waals surface area contributed by atoms with E-state index < -0.39 is 12.1 Å². The van der Waals surface area contributed by atoms with Crippen molar-refractivity contribution in [3.63, 3.8) is 0 Å². The van der Waals surface area contributed by atoms with Crippen LogP contribution in [0.2, 0.25) is 0 Å². The number of hydrogen-bond acceptors (Lipinski definition) is 4. The summed E-state index contributed by atoms with van der Waals surface area (Å²) in [7, 11) is 1.59. The Labute approximate surface area is 154 Å². The Kier molecular flexibility index (Phi) is 7.21. The summed E-state index contributed by atoms with van der Waals surface area (Å²) in [6.45, 7) is 3.99. The van der Waals surface area contributed by atoms with Gasteiger partial charge in [-0.25, -0.2) is 0 Å². The molecule has 0 aromatic heterocycles. The van der Waals surface area contributed by atoms with Crippen molar-refractivity contribution in [1.82, 2.24) is 5.32 Å². The van der Waals surface area contributed by atoms with E-state index in [4.69, 9.17) is 9.47 Å². The smallest absolute Gasteiger partial charge is 0.306 e. The van der Waals surface area contributed by atoms with Crippen LogP contribution in [0.4, 0.5) is 0 Å². The minimum atomic E-state index is -0.828. The highest BCUT2D eigenvalue weighted by Gasteiger charge is 2.17. The predicted octanol–water partition coefficient (Wildman–Crippen LogP) is 3.18. The van der Waals surface area contributed by atoms with Gasteiger partial charge in [-0.1, -0.05) is 48.0 Å². The molecule has 0 heterocycles. The number of ether oxygens (including phenoxy) is 2. The molecule has 5 nitrogen and oxygen atoms in total. The molecule has 0 bridgehead atoms. The van der Waals surface area contributed by atoms with Gasteiger partial charge in [0, 0.05) is 13.0 Å². The fraction of sp³-hybridized carbons (Fsp3) is 0.333. The summed E-state index contributed by atoms with van der Waals surface area (Å²) < 4.78 is 10.5. The van der Waals surface area contributed by atoms with Gasteiger partial charge in [-0.05, 0) is 37.5 Å². The first-order chi connectivity index (χ1) is 12.5. The van der Waals surface area contributed by atoms with Gasteiger partial charge in [-0.15, -0.1) is 0 Å². The van der Waals surface area contributed by atoms with Gasteiger partial charge in [0.2, 0.25) is 0 Å². The number of methoxy groups -OCH3 is 1. The summed E-state index contributed by atoms with van der Waals surface area (Å²) in [4.78, 5) is 24.1.